The van der Waals surface area contributed by atoms with Gasteiger partial charge in [-0.15, -0.1) is 0 Å². The van der Waals surface area contributed by atoms with Crippen LogP contribution in [0.3, 0.4) is 0 Å². The summed E-state index contributed by atoms with van der Waals surface area (Å²) in [5.74, 6) is 0.592. The predicted molar refractivity (Wildman–Crippen MR) is 82.1 cm³/mol. The van der Waals surface area contributed by atoms with E-state index in [2.05, 4.69) is 11.6 Å². The summed E-state index contributed by atoms with van der Waals surface area (Å²) in [7, 11) is -2.00. The quantitative estimate of drug-likeness (QED) is 0.753. The number of nitrogens with zero attached hydrogens (tertiary/aromatic N) is 1. The Kier molecular flexibility index (Phi) is 5.34. The van der Waals surface area contributed by atoms with E-state index in [9.17, 15) is 8.42 Å². The van der Waals surface area contributed by atoms with Crippen LogP contribution in [0.15, 0.2) is 0 Å². The molecule has 3 N–H and O–H groups in total. The molecule has 0 spiro atoms. The average molecular weight is 307 g/mol. The minimum absolute atomic E-state index is 0.108. The lowest BCUT2D eigenvalue weighted by molar-refractivity contribution is 0.281. The van der Waals surface area contributed by atoms with Gasteiger partial charge in [0.1, 0.15) is 0 Å². The molecular weight excluding hydrogens is 282 g/mol. The van der Waals surface area contributed by atoms with Crippen LogP contribution in [0.2, 0.25) is 0 Å². The lowest BCUT2D eigenvalue weighted by Gasteiger charge is -2.40. The summed E-state index contributed by atoms with van der Waals surface area (Å²) in [6.07, 6.45) is 3.22. The van der Waals surface area contributed by atoms with Crippen LogP contribution in [0.5, 0.6) is 0 Å². The zero-order valence-electron chi connectivity index (χ0n) is 12.1. The summed E-state index contributed by atoms with van der Waals surface area (Å²) in [5.41, 5.74) is 5.06. The van der Waals surface area contributed by atoms with Gasteiger partial charge in [-0.2, -0.15) is 17.4 Å². The van der Waals surface area contributed by atoms with E-state index in [0.29, 0.717) is 18.8 Å². The van der Waals surface area contributed by atoms with E-state index in [-0.39, 0.29) is 11.0 Å². The van der Waals surface area contributed by atoms with Crippen molar-refractivity contribution in [3.63, 3.8) is 0 Å². The van der Waals surface area contributed by atoms with E-state index in [4.69, 9.17) is 18.0 Å². The van der Waals surface area contributed by atoms with E-state index in [1.165, 1.54) is 4.31 Å². The highest BCUT2D eigenvalue weighted by Crippen LogP contribution is 2.33. The zero-order chi connectivity index (χ0) is 14.8. The molecule has 0 aromatic heterocycles. The number of hydrogen-bond donors (Lipinski definition) is 2. The molecule has 1 saturated carbocycles. The van der Waals surface area contributed by atoms with Gasteiger partial charge < -0.3 is 5.73 Å². The smallest absolute Gasteiger partial charge is 0.280 e. The summed E-state index contributed by atoms with van der Waals surface area (Å²) >= 11 is 5.12. The Morgan fingerprint density at radius 1 is 1.42 bits per heavy atom. The Morgan fingerprint density at radius 3 is 2.26 bits per heavy atom. The molecule has 1 aliphatic rings. The van der Waals surface area contributed by atoms with Crippen molar-refractivity contribution >= 4 is 27.4 Å². The number of rotatable bonds is 5. The molecule has 0 aromatic carbocycles. The maximum absolute atomic E-state index is 12.3. The molecule has 1 fully saturated rings. The van der Waals surface area contributed by atoms with Gasteiger partial charge in [0, 0.05) is 13.1 Å². The number of nitrogens with two attached hydrogens (primary N) is 1. The molecule has 0 heterocycles. The van der Waals surface area contributed by atoms with Crippen molar-refractivity contribution in [1.29, 1.82) is 0 Å². The Hall–Kier alpha value is -0.240. The summed E-state index contributed by atoms with van der Waals surface area (Å²) < 4.78 is 28.7. The van der Waals surface area contributed by atoms with Crippen LogP contribution in [-0.4, -0.2) is 36.3 Å². The maximum Gasteiger partial charge on any atom is 0.280 e. The molecule has 112 valence electrons. The van der Waals surface area contributed by atoms with Crippen LogP contribution < -0.4 is 10.5 Å². The zero-order valence-corrected chi connectivity index (χ0v) is 13.8. The van der Waals surface area contributed by atoms with Gasteiger partial charge in [-0.05, 0) is 45.4 Å². The van der Waals surface area contributed by atoms with Crippen LogP contribution >= 0.6 is 12.2 Å². The summed E-state index contributed by atoms with van der Waals surface area (Å²) in [6, 6.07) is -0.108. The van der Waals surface area contributed by atoms with Crippen molar-refractivity contribution in [3.8, 4) is 0 Å². The van der Waals surface area contributed by atoms with E-state index < -0.39 is 15.7 Å². The highest BCUT2D eigenvalue weighted by atomic mass is 32.2. The Morgan fingerprint density at radius 2 is 1.89 bits per heavy atom. The van der Waals surface area contributed by atoms with Crippen LogP contribution in [0.1, 0.15) is 46.5 Å². The van der Waals surface area contributed by atoms with Crippen molar-refractivity contribution < 1.29 is 8.42 Å². The first-order valence-electron chi connectivity index (χ1n) is 6.67. The molecule has 0 radical (unpaired) electrons. The van der Waals surface area contributed by atoms with Gasteiger partial charge in [0.15, 0.2) is 0 Å². The van der Waals surface area contributed by atoms with Crippen LogP contribution in [-0.2, 0) is 10.2 Å². The summed E-state index contributed by atoms with van der Waals surface area (Å²) in [5, 5.41) is 0. The highest BCUT2D eigenvalue weighted by Gasteiger charge is 2.41. The SMILES string of the molecule is CC1CCC(NS(=O)(=O)N(C)C(C)C)(C(N)=S)CC1. The molecule has 5 nitrogen and oxygen atoms in total. The van der Waals surface area contributed by atoms with Gasteiger partial charge in [-0.25, -0.2) is 0 Å². The van der Waals surface area contributed by atoms with Gasteiger partial charge in [0.2, 0.25) is 0 Å². The van der Waals surface area contributed by atoms with E-state index in [0.717, 1.165) is 12.8 Å². The van der Waals surface area contributed by atoms with E-state index >= 15 is 0 Å². The van der Waals surface area contributed by atoms with Crippen LogP contribution in [0, 0.1) is 5.92 Å². The number of hydrogen-bond acceptors (Lipinski definition) is 3. The fraction of sp³-hybridized carbons (Fsp3) is 0.917. The van der Waals surface area contributed by atoms with Crippen molar-refractivity contribution in [1.82, 2.24) is 9.03 Å². The lowest BCUT2D eigenvalue weighted by atomic mass is 9.78. The molecular formula is C12H25N3O2S2. The molecule has 0 aromatic rings. The third-order valence-corrected chi connectivity index (χ3v) is 6.25. The Labute approximate surface area is 122 Å². The maximum atomic E-state index is 12.3. The summed E-state index contributed by atoms with van der Waals surface area (Å²) in [4.78, 5) is 0.250. The minimum Gasteiger partial charge on any atom is -0.392 e. The normalized spacial score (nSPS) is 28.8. The second kappa shape index (κ2) is 6.03. The highest BCUT2D eigenvalue weighted by molar-refractivity contribution is 7.87. The molecule has 1 rings (SSSR count). The van der Waals surface area contributed by atoms with E-state index in [1.807, 2.05) is 13.8 Å². The first-order chi connectivity index (χ1) is 8.61. The molecule has 19 heavy (non-hydrogen) atoms. The number of nitrogens with one attached hydrogen (secondary N) is 1. The van der Waals surface area contributed by atoms with Gasteiger partial charge in [0.05, 0.1) is 10.5 Å². The van der Waals surface area contributed by atoms with Crippen molar-refractivity contribution in [2.24, 2.45) is 11.7 Å². The van der Waals surface area contributed by atoms with Gasteiger partial charge >= 0.3 is 0 Å². The molecule has 7 heteroatoms. The first-order valence-corrected chi connectivity index (χ1v) is 8.52. The fourth-order valence-corrected chi connectivity index (χ4v) is 4.08. The lowest BCUT2D eigenvalue weighted by Crippen LogP contribution is -2.61. The average Bonchev–Trinajstić information content (AvgIpc) is 2.30. The van der Waals surface area contributed by atoms with Gasteiger partial charge in [-0.3, -0.25) is 0 Å². The van der Waals surface area contributed by atoms with E-state index in [1.54, 1.807) is 7.05 Å². The minimum atomic E-state index is -3.56. The van der Waals surface area contributed by atoms with Crippen molar-refractivity contribution in [2.45, 2.75) is 58.0 Å². The van der Waals surface area contributed by atoms with Gasteiger partial charge in [0.25, 0.3) is 10.2 Å². The molecule has 0 aliphatic heterocycles. The number of thiocarbonyl (C=S) groups is 1. The standard InChI is InChI=1S/C12H25N3O2S2/c1-9(2)15(4)19(16,17)14-12(11(13)18)7-5-10(3)6-8-12/h9-10,14H,5-8H2,1-4H3,(H2,13,18). The van der Waals surface area contributed by atoms with Crippen molar-refractivity contribution in [3.05, 3.63) is 0 Å². The predicted octanol–water partition coefficient (Wildman–Crippen LogP) is 1.40. The molecule has 0 atom stereocenters. The second-order valence-corrected chi connectivity index (χ2v) is 8.02. The van der Waals surface area contributed by atoms with Crippen LogP contribution in [0.4, 0.5) is 0 Å². The Balaban J connectivity index is 2.95. The third kappa shape index (κ3) is 3.87. The van der Waals surface area contributed by atoms with Gasteiger partial charge in [-0.1, -0.05) is 19.1 Å². The first kappa shape index (κ1) is 16.8. The molecule has 0 bridgehead atoms. The van der Waals surface area contributed by atoms with Crippen LogP contribution in [0.25, 0.3) is 0 Å². The summed E-state index contributed by atoms with van der Waals surface area (Å²) in [6.45, 7) is 5.82. The molecule has 1 aliphatic carbocycles. The van der Waals surface area contributed by atoms with Crippen molar-refractivity contribution in [2.75, 3.05) is 7.05 Å². The fourth-order valence-electron chi connectivity index (χ4n) is 2.25. The largest absolute Gasteiger partial charge is 0.392 e. The molecule has 0 saturated heterocycles. The second-order valence-electron chi connectivity index (χ2n) is 5.85. The molecule has 0 amide bonds. The molecule has 0 unspecified atom stereocenters. The monoisotopic (exact) mass is 307 g/mol. The topological polar surface area (TPSA) is 75.4 Å². The third-order valence-electron chi connectivity index (χ3n) is 4.03. The Bertz CT molecular complexity index is 426.